The molecular weight excluding hydrogens is 253 g/mol. The molecule has 1 saturated carbocycles. The van der Waals surface area contributed by atoms with Crippen molar-refractivity contribution in [3.8, 4) is 0 Å². The summed E-state index contributed by atoms with van der Waals surface area (Å²) in [5, 5.41) is 3.55. The fourth-order valence-electron chi connectivity index (χ4n) is 4.22. The smallest absolute Gasteiger partial charge is 0.310 e. The lowest BCUT2D eigenvalue weighted by Crippen LogP contribution is -2.47. The van der Waals surface area contributed by atoms with Crippen LogP contribution in [-0.2, 0) is 0 Å². The van der Waals surface area contributed by atoms with E-state index in [1.807, 2.05) is 0 Å². The Morgan fingerprint density at radius 2 is 1.79 bits per heavy atom. The standard InChI is InChI=1S/C14H23F3N2/c15-14(16,17)10-3-1-4-11(9-10)18-12-6-8-19-7-2-5-13(12)19/h10-13,18H,1-9H2. The largest absolute Gasteiger partial charge is 0.391 e. The van der Waals surface area contributed by atoms with Crippen LogP contribution in [-0.4, -0.2) is 42.3 Å². The van der Waals surface area contributed by atoms with E-state index < -0.39 is 12.1 Å². The van der Waals surface area contributed by atoms with Crippen molar-refractivity contribution in [1.82, 2.24) is 10.2 Å². The van der Waals surface area contributed by atoms with E-state index in [2.05, 4.69) is 10.2 Å². The average Bonchev–Trinajstić information content (AvgIpc) is 2.93. The number of alkyl halides is 3. The average molecular weight is 276 g/mol. The Bertz CT molecular complexity index is 318. The van der Waals surface area contributed by atoms with Crippen molar-refractivity contribution in [3.05, 3.63) is 0 Å². The lowest BCUT2D eigenvalue weighted by molar-refractivity contribution is -0.183. The summed E-state index contributed by atoms with van der Waals surface area (Å²) in [6.07, 6.45) is 1.80. The SMILES string of the molecule is FC(F)(F)C1CCCC(NC2CCN3CCCC23)C1. The highest BCUT2D eigenvalue weighted by atomic mass is 19.4. The maximum absolute atomic E-state index is 12.8. The third kappa shape index (κ3) is 2.92. The fourth-order valence-corrected chi connectivity index (χ4v) is 4.22. The molecule has 0 amide bonds. The number of nitrogens with one attached hydrogen (secondary N) is 1. The summed E-state index contributed by atoms with van der Waals surface area (Å²) in [5.41, 5.74) is 0. The number of nitrogens with zero attached hydrogens (tertiary/aromatic N) is 1. The van der Waals surface area contributed by atoms with Gasteiger partial charge in [-0.3, -0.25) is 4.90 Å². The molecule has 0 aromatic heterocycles. The summed E-state index contributed by atoms with van der Waals surface area (Å²) in [7, 11) is 0. The summed E-state index contributed by atoms with van der Waals surface area (Å²) in [5.74, 6) is -1.08. The van der Waals surface area contributed by atoms with Crippen LogP contribution < -0.4 is 5.32 Å². The first kappa shape index (κ1) is 13.7. The molecule has 19 heavy (non-hydrogen) atoms. The summed E-state index contributed by atoms with van der Waals surface area (Å²) < 4.78 is 38.4. The van der Waals surface area contributed by atoms with Crippen LogP contribution in [0.15, 0.2) is 0 Å². The molecular formula is C14H23F3N2. The molecule has 2 aliphatic heterocycles. The van der Waals surface area contributed by atoms with Gasteiger partial charge in [-0.05, 0) is 45.1 Å². The van der Waals surface area contributed by atoms with Crippen LogP contribution in [0.5, 0.6) is 0 Å². The third-order valence-electron chi connectivity index (χ3n) is 5.19. The molecule has 2 saturated heterocycles. The summed E-state index contributed by atoms with van der Waals surface area (Å²) in [6.45, 7) is 2.30. The van der Waals surface area contributed by atoms with E-state index in [-0.39, 0.29) is 12.5 Å². The molecule has 1 N–H and O–H groups in total. The van der Waals surface area contributed by atoms with Gasteiger partial charge in [0.05, 0.1) is 5.92 Å². The molecule has 5 heteroatoms. The van der Waals surface area contributed by atoms with E-state index in [4.69, 9.17) is 0 Å². The molecule has 3 fully saturated rings. The van der Waals surface area contributed by atoms with Gasteiger partial charge in [0.25, 0.3) is 0 Å². The van der Waals surface area contributed by atoms with Gasteiger partial charge >= 0.3 is 6.18 Å². The van der Waals surface area contributed by atoms with E-state index in [1.165, 1.54) is 19.4 Å². The van der Waals surface area contributed by atoms with Crippen LogP contribution in [0, 0.1) is 5.92 Å². The second-order valence-electron chi connectivity index (χ2n) is 6.41. The van der Waals surface area contributed by atoms with Crippen LogP contribution in [0.3, 0.4) is 0 Å². The Kier molecular flexibility index (Phi) is 3.78. The van der Waals surface area contributed by atoms with Crippen molar-refractivity contribution in [1.29, 1.82) is 0 Å². The van der Waals surface area contributed by atoms with E-state index >= 15 is 0 Å². The van der Waals surface area contributed by atoms with E-state index in [1.54, 1.807) is 0 Å². The molecule has 0 radical (unpaired) electrons. The number of fused-ring (bicyclic) bond motifs is 1. The zero-order valence-electron chi connectivity index (χ0n) is 11.3. The van der Waals surface area contributed by atoms with Crippen molar-refractivity contribution >= 4 is 0 Å². The zero-order valence-corrected chi connectivity index (χ0v) is 11.3. The first-order valence-corrected chi connectivity index (χ1v) is 7.61. The minimum atomic E-state index is -4.00. The predicted octanol–water partition coefficient (Wildman–Crippen LogP) is 2.93. The van der Waals surface area contributed by atoms with Gasteiger partial charge in [-0.15, -0.1) is 0 Å². The van der Waals surface area contributed by atoms with Crippen LogP contribution in [0.1, 0.15) is 44.9 Å². The van der Waals surface area contributed by atoms with Crippen LogP contribution >= 0.6 is 0 Å². The van der Waals surface area contributed by atoms with E-state index in [9.17, 15) is 13.2 Å². The molecule has 0 aromatic rings. The number of hydrogen-bond acceptors (Lipinski definition) is 2. The van der Waals surface area contributed by atoms with Crippen LogP contribution in [0.2, 0.25) is 0 Å². The molecule has 0 bridgehead atoms. The molecule has 3 aliphatic rings. The van der Waals surface area contributed by atoms with Gasteiger partial charge in [0, 0.05) is 24.7 Å². The summed E-state index contributed by atoms with van der Waals surface area (Å²) >= 11 is 0. The van der Waals surface area contributed by atoms with Crippen molar-refractivity contribution in [2.75, 3.05) is 13.1 Å². The molecule has 4 atom stereocenters. The summed E-state index contributed by atoms with van der Waals surface area (Å²) in [4.78, 5) is 2.50. The normalized spacial score (nSPS) is 40.6. The number of rotatable bonds is 2. The first-order valence-electron chi connectivity index (χ1n) is 7.61. The zero-order chi connectivity index (χ0) is 13.5. The van der Waals surface area contributed by atoms with Crippen molar-refractivity contribution < 1.29 is 13.2 Å². The Morgan fingerprint density at radius 3 is 2.58 bits per heavy atom. The van der Waals surface area contributed by atoms with Gasteiger partial charge in [-0.1, -0.05) is 6.42 Å². The highest BCUT2D eigenvalue weighted by Crippen LogP contribution is 2.38. The Labute approximate surface area is 112 Å². The van der Waals surface area contributed by atoms with E-state index in [0.29, 0.717) is 24.9 Å². The number of halogens is 3. The van der Waals surface area contributed by atoms with E-state index in [0.717, 1.165) is 19.4 Å². The maximum atomic E-state index is 12.8. The molecule has 3 rings (SSSR count). The minimum absolute atomic E-state index is 0.0749. The highest BCUT2D eigenvalue weighted by Gasteiger charge is 2.44. The molecule has 2 heterocycles. The Morgan fingerprint density at radius 1 is 0.947 bits per heavy atom. The van der Waals surface area contributed by atoms with Crippen LogP contribution in [0.25, 0.3) is 0 Å². The first-order chi connectivity index (χ1) is 9.04. The molecule has 0 aromatic carbocycles. The van der Waals surface area contributed by atoms with Crippen molar-refractivity contribution in [3.63, 3.8) is 0 Å². The van der Waals surface area contributed by atoms with Gasteiger partial charge in [0.15, 0.2) is 0 Å². The van der Waals surface area contributed by atoms with Crippen molar-refractivity contribution in [2.24, 2.45) is 5.92 Å². The second kappa shape index (κ2) is 5.24. The molecule has 0 spiro atoms. The molecule has 4 unspecified atom stereocenters. The lowest BCUT2D eigenvalue weighted by Gasteiger charge is -2.34. The van der Waals surface area contributed by atoms with Gasteiger partial charge < -0.3 is 5.32 Å². The minimum Gasteiger partial charge on any atom is -0.310 e. The van der Waals surface area contributed by atoms with Gasteiger partial charge in [-0.2, -0.15) is 13.2 Å². The summed E-state index contributed by atoms with van der Waals surface area (Å²) in [6, 6.07) is 1.09. The molecule has 2 nitrogen and oxygen atoms in total. The van der Waals surface area contributed by atoms with Crippen LogP contribution in [0.4, 0.5) is 13.2 Å². The predicted molar refractivity (Wildman–Crippen MR) is 67.9 cm³/mol. The fraction of sp³-hybridized carbons (Fsp3) is 1.00. The second-order valence-corrected chi connectivity index (χ2v) is 6.41. The Balaban J connectivity index is 1.55. The molecule has 1 aliphatic carbocycles. The van der Waals surface area contributed by atoms with Gasteiger partial charge in [0.1, 0.15) is 0 Å². The number of hydrogen-bond donors (Lipinski definition) is 1. The molecule has 110 valence electrons. The van der Waals surface area contributed by atoms with Gasteiger partial charge in [0.2, 0.25) is 0 Å². The van der Waals surface area contributed by atoms with Crippen molar-refractivity contribution in [2.45, 2.75) is 69.2 Å². The third-order valence-corrected chi connectivity index (χ3v) is 5.19. The monoisotopic (exact) mass is 276 g/mol. The maximum Gasteiger partial charge on any atom is 0.391 e. The van der Waals surface area contributed by atoms with Gasteiger partial charge in [-0.25, -0.2) is 0 Å². The highest BCUT2D eigenvalue weighted by molar-refractivity contribution is 4.97. The Hall–Kier alpha value is -0.290. The quantitative estimate of drug-likeness (QED) is 0.834. The topological polar surface area (TPSA) is 15.3 Å². The lowest BCUT2D eigenvalue weighted by atomic mass is 9.84.